The summed E-state index contributed by atoms with van der Waals surface area (Å²) in [5.74, 6) is -1.32. The average Bonchev–Trinajstić information content (AvgIpc) is 3.07. The van der Waals surface area contributed by atoms with Gasteiger partial charge >= 0.3 is 0 Å². The number of non-ortho nitro benzene ring substituents is 1. The molecule has 2 heterocycles. The summed E-state index contributed by atoms with van der Waals surface area (Å²) in [5, 5.41) is 35.1. The molecule has 1 saturated heterocycles. The lowest BCUT2D eigenvalue weighted by atomic mass is 9.82. The molecule has 10 nitrogen and oxygen atoms in total. The lowest BCUT2D eigenvalue weighted by Gasteiger charge is -2.29. The van der Waals surface area contributed by atoms with E-state index in [1.54, 1.807) is 24.0 Å². The molecule has 0 saturated carbocycles. The molecule has 3 N–H and O–H groups in total. The number of aliphatic hydroxyl groups is 2. The first-order valence-electron chi connectivity index (χ1n) is 11.5. The zero-order chi connectivity index (χ0) is 25.2. The Hall–Kier alpha value is -3.60. The van der Waals surface area contributed by atoms with Crippen LogP contribution in [-0.4, -0.2) is 53.2 Å². The van der Waals surface area contributed by atoms with E-state index in [2.05, 4.69) is 5.32 Å². The van der Waals surface area contributed by atoms with E-state index in [1.807, 2.05) is 24.3 Å². The van der Waals surface area contributed by atoms with Gasteiger partial charge in [0, 0.05) is 49.0 Å². The molecule has 2 aliphatic heterocycles. The molecule has 0 spiro atoms. The molecule has 0 radical (unpaired) electrons. The fraction of sp³-hybridized carbons (Fsp3) is 0.360. The highest BCUT2D eigenvalue weighted by atomic mass is 16.6. The molecule has 35 heavy (non-hydrogen) atoms. The van der Waals surface area contributed by atoms with Crippen LogP contribution in [0.1, 0.15) is 24.5 Å². The van der Waals surface area contributed by atoms with Gasteiger partial charge in [-0.05, 0) is 30.2 Å². The highest BCUT2D eigenvalue weighted by Gasteiger charge is 2.53. The summed E-state index contributed by atoms with van der Waals surface area (Å²) in [6.07, 6.45) is 3.66. The predicted octanol–water partition coefficient (Wildman–Crippen LogP) is 1.84. The quantitative estimate of drug-likeness (QED) is 0.298. The maximum atomic E-state index is 13.6. The maximum absolute atomic E-state index is 13.6. The second kappa shape index (κ2) is 9.95. The topological polar surface area (TPSA) is 136 Å². The van der Waals surface area contributed by atoms with Crippen molar-refractivity contribution < 1.29 is 24.7 Å². The van der Waals surface area contributed by atoms with Crippen molar-refractivity contribution in [3.05, 3.63) is 75.9 Å². The fourth-order valence-electron chi connectivity index (χ4n) is 4.60. The van der Waals surface area contributed by atoms with Gasteiger partial charge < -0.3 is 25.3 Å². The van der Waals surface area contributed by atoms with Crippen LogP contribution in [0.15, 0.2) is 54.6 Å². The number of nitrogens with zero attached hydrogens (tertiary/aromatic N) is 3. The number of hydrogen-bond acceptors (Lipinski definition) is 7. The lowest BCUT2D eigenvalue weighted by Crippen LogP contribution is -2.48. The molecule has 2 aromatic rings. The Morgan fingerprint density at radius 3 is 2.77 bits per heavy atom. The van der Waals surface area contributed by atoms with Crippen molar-refractivity contribution in [2.24, 2.45) is 5.92 Å². The number of rotatable bonds is 8. The summed E-state index contributed by atoms with van der Waals surface area (Å²) in [5.41, 5.74) is -0.179. The largest absolute Gasteiger partial charge is 0.396 e. The van der Waals surface area contributed by atoms with E-state index in [9.17, 15) is 24.8 Å². The van der Waals surface area contributed by atoms with Crippen molar-refractivity contribution in [2.45, 2.75) is 25.5 Å². The minimum absolute atomic E-state index is 0.0406. The Bertz CT molecular complexity index is 1180. The molecule has 184 valence electrons. The van der Waals surface area contributed by atoms with Crippen molar-refractivity contribution in [3.8, 4) is 0 Å². The monoisotopic (exact) mass is 480 g/mol. The summed E-state index contributed by atoms with van der Waals surface area (Å²) >= 11 is 0. The van der Waals surface area contributed by atoms with E-state index in [0.29, 0.717) is 25.2 Å². The Balaban J connectivity index is 1.70. The van der Waals surface area contributed by atoms with Gasteiger partial charge in [-0.25, -0.2) is 0 Å². The molecule has 1 fully saturated rings. The summed E-state index contributed by atoms with van der Waals surface area (Å²) in [6.45, 7) is 3.18. The van der Waals surface area contributed by atoms with Crippen molar-refractivity contribution in [3.63, 3.8) is 0 Å². The van der Waals surface area contributed by atoms with Crippen LogP contribution < -0.4 is 15.1 Å². The van der Waals surface area contributed by atoms with E-state index in [-0.39, 0.29) is 36.9 Å². The molecular formula is C25H28N4O6. The van der Waals surface area contributed by atoms with Gasteiger partial charge in [-0.15, -0.1) is 0 Å². The Kier molecular flexibility index (Phi) is 6.97. The van der Waals surface area contributed by atoms with Crippen molar-refractivity contribution in [2.75, 3.05) is 36.0 Å². The van der Waals surface area contributed by atoms with Gasteiger partial charge in [0.2, 0.25) is 5.91 Å². The molecule has 0 aliphatic carbocycles. The molecule has 10 heteroatoms. The van der Waals surface area contributed by atoms with Crippen LogP contribution in [0, 0.1) is 16.0 Å². The first-order chi connectivity index (χ1) is 16.8. The van der Waals surface area contributed by atoms with Crippen LogP contribution >= 0.6 is 0 Å². The highest BCUT2D eigenvalue weighted by Crippen LogP contribution is 2.47. The number of piperazine rings is 1. The third-order valence-corrected chi connectivity index (χ3v) is 6.50. The number of nitrogens with one attached hydrogen (secondary N) is 1. The maximum Gasteiger partial charge on any atom is 0.269 e. The number of hydrogen-bond donors (Lipinski definition) is 3. The van der Waals surface area contributed by atoms with Crippen molar-refractivity contribution in [1.29, 1.82) is 0 Å². The lowest BCUT2D eigenvalue weighted by molar-refractivity contribution is -0.385. The van der Waals surface area contributed by atoms with E-state index in [1.165, 1.54) is 23.1 Å². The number of fused-ring (bicyclic) bond motifs is 1. The highest BCUT2D eigenvalue weighted by molar-refractivity contribution is 6.07. The second-order valence-electron chi connectivity index (χ2n) is 8.74. The number of nitro benzene ring substituents is 1. The van der Waals surface area contributed by atoms with Crippen molar-refractivity contribution in [1.82, 2.24) is 5.32 Å². The first kappa shape index (κ1) is 24.5. The molecule has 2 aromatic carbocycles. The van der Waals surface area contributed by atoms with Crippen LogP contribution in [0.5, 0.6) is 0 Å². The number of aliphatic hydroxyl groups excluding tert-OH is 1. The average molecular weight is 481 g/mol. The van der Waals surface area contributed by atoms with Crippen molar-refractivity contribution >= 4 is 28.9 Å². The zero-order valence-electron chi connectivity index (χ0n) is 19.4. The van der Waals surface area contributed by atoms with Crippen LogP contribution in [-0.2, 0) is 21.7 Å². The number of anilines is 2. The SMILES string of the molecule is C[C@@H](/C=C/CCO)[C@]1(O)C(=O)N(Cc2cccc(N3CCNCC3=O)c2)c2ccc([N+](=O)[O-])cc21. The van der Waals surface area contributed by atoms with Crippen LogP contribution in [0.2, 0.25) is 0 Å². The zero-order valence-corrected chi connectivity index (χ0v) is 19.4. The van der Waals surface area contributed by atoms with Gasteiger partial charge in [-0.1, -0.05) is 31.2 Å². The summed E-state index contributed by atoms with van der Waals surface area (Å²) in [4.78, 5) is 39.9. The summed E-state index contributed by atoms with van der Waals surface area (Å²) in [6, 6.07) is 11.4. The smallest absolute Gasteiger partial charge is 0.269 e. The minimum atomic E-state index is -2.00. The third-order valence-electron chi connectivity index (χ3n) is 6.50. The second-order valence-corrected chi connectivity index (χ2v) is 8.74. The van der Waals surface area contributed by atoms with Crippen LogP contribution in [0.25, 0.3) is 0 Å². The van der Waals surface area contributed by atoms with E-state index in [0.717, 1.165) is 11.3 Å². The molecule has 4 rings (SSSR count). The van der Waals surface area contributed by atoms with Gasteiger partial charge in [0.25, 0.3) is 11.6 Å². The van der Waals surface area contributed by atoms with Gasteiger partial charge in [0.1, 0.15) is 0 Å². The van der Waals surface area contributed by atoms with Crippen LogP contribution in [0.4, 0.5) is 17.1 Å². The number of amides is 2. The fourth-order valence-corrected chi connectivity index (χ4v) is 4.60. The Labute approximate surface area is 202 Å². The molecule has 0 aromatic heterocycles. The van der Waals surface area contributed by atoms with Gasteiger partial charge in [0.05, 0.1) is 23.7 Å². The Morgan fingerprint density at radius 1 is 1.26 bits per heavy atom. The van der Waals surface area contributed by atoms with Crippen LogP contribution in [0.3, 0.4) is 0 Å². The Morgan fingerprint density at radius 2 is 2.06 bits per heavy atom. The molecule has 2 aliphatic rings. The number of carbonyl (C=O) groups is 2. The number of nitro groups is 1. The molecular weight excluding hydrogens is 452 g/mol. The standard InChI is InChI=1S/C25H28N4O6/c1-17(5-2-3-12-30)25(33)21-14-20(29(34)35)8-9-22(21)28(24(25)32)16-18-6-4-7-19(13-18)27-11-10-26-15-23(27)31/h2,4-9,13-14,17,26,30,33H,3,10-12,15-16H2,1H3/b5-2+/t17-,25+/m0/s1. The third kappa shape index (κ3) is 4.55. The van der Waals surface area contributed by atoms with E-state index < -0.39 is 22.3 Å². The molecule has 0 bridgehead atoms. The normalized spacial score (nSPS) is 21.0. The van der Waals surface area contributed by atoms with Gasteiger partial charge in [-0.2, -0.15) is 0 Å². The van der Waals surface area contributed by atoms with Gasteiger partial charge in [-0.3, -0.25) is 19.7 Å². The molecule has 2 amide bonds. The minimum Gasteiger partial charge on any atom is -0.396 e. The van der Waals surface area contributed by atoms with E-state index in [4.69, 9.17) is 5.11 Å². The number of carbonyl (C=O) groups excluding carboxylic acids is 2. The van der Waals surface area contributed by atoms with Gasteiger partial charge in [0.15, 0.2) is 5.60 Å². The van der Waals surface area contributed by atoms with E-state index >= 15 is 0 Å². The summed E-state index contributed by atoms with van der Waals surface area (Å²) in [7, 11) is 0. The predicted molar refractivity (Wildman–Crippen MR) is 130 cm³/mol. The number of benzene rings is 2. The first-order valence-corrected chi connectivity index (χ1v) is 11.5. The summed E-state index contributed by atoms with van der Waals surface area (Å²) < 4.78 is 0. The molecule has 2 atom stereocenters. The molecule has 0 unspecified atom stereocenters.